The highest BCUT2D eigenvalue weighted by Crippen LogP contribution is 2.33. The molecule has 1 unspecified atom stereocenters. The molecule has 1 amide bonds. The van der Waals surface area contributed by atoms with E-state index in [1.54, 1.807) is 12.1 Å². The molecule has 0 saturated heterocycles. The van der Waals surface area contributed by atoms with Crippen LogP contribution in [-0.4, -0.2) is 46.7 Å². The fourth-order valence-corrected chi connectivity index (χ4v) is 5.67. The minimum absolute atomic E-state index is 0.0127. The summed E-state index contributed by atoms with van der Waals surface area (Å²) in [6.07, 6.45) is -1.74. The van der Waals surface area contributed by atoms with Crippen molar-refractivity contribution in [3.63, 3.8) is 0 Å². The number of pyridine rings is 1. The van der Waals surface area contributed by atoms with Crippen LogP contribution in [0.1, 0.15) is 73.7 Å². The number of anilines is 1. The molecule has 4 aromatic rings. The van der Waals surface area contributed by atoms with Crippen molar-refractivity contribution in [3.8, 4) is 5.75 Å². The number of nitro benzene ring substituents is 1. The number of alkyl halides is 3. The number of likely N-dealkylation sites (N-methyl/N-ethyl adjacent to an activating group) is 1. The molecule has 1 aromatic heterocycles. The van der Waals surface area contributed by atoms with Crippen LogP contribution in [0, 0.1) is 22.9 Å². The van der Waals surface area contributed by atoms with Crippen LogP contribution in [0.15, 0.2) is 65.6 Å². The van der Waals surface area contributed by atoms with Crippen molar-refractivity contribution in [1.29, 1.82) is 0 Å². The summed E-state index contributed by atoms with van der Waals surface area (Å²) in [5, 5.41) is 14.6. The van der Waals surface area contributed by atoms with Gasteiger partial charge in [-0.05, 0) is 66.6 Å². The quantitative estimate of drug-likeness (QED) is 0.0417. The molecule has 1 heterocycles. The van der Waals surface area contributed by atoms with Crippen LogP contribution >= 0.6 is 0 Å². The first-order valence-electron chi connectivity index (χ1n) is 16.2. The van der Waals surface area contributed by atoms with E-state index in [0.29, 0.717) is 18.6 Å². The number of nitrogens with one attached hydrogen (secondary N) is 2. The molecule has 0 aliphatic rings. The van der Waals surface area contributed by atoms with Crippen molar-refractivity contribution in [2.45, 2.75) is 71.3 Å². The Morgan fingerprint density at radius 2 is 1.82 bits per heavy atom. The van der Waals surface area contributed by atoms with E-state index < -0.39 is 52.6 Å². The molecule has 0 radical (unpaired) electrons. The summed E-state index contributed by atoms with van der Waals surface area (Å²) in [6, 6.07) is 10.9. The number of halogens is 4. The fraction of sp³-hybridized carbons (Fsp3) is 0.361. The minimum atomic E-state index is -5.10. The second-order valence-electron chi connectivity index (χ2n) is 12.2. The minimum Gasteiger partial charge on any atom is -0.466 e. The number of unbranched alkanes of at least 4 members (excludes halogenated alkanes) is 1. The molecule has 15 heteroatoms. The van der Waals surface area contributed by atoms with Gasteiger partial charge in [-0.1, -0.05) is 38.5 Å². The zero-order valence-corrected chi connectivity index (χ0v) is 28.4. The molecule has 4 rings (SSSR count). The van der Waals surface area contributed by atoms with Crippen molar-refractivity contribution in [1.82, 2.24) is 9.88 Å². The van der Waals surface area contributed by atoms with Crippen molar-refractivity contribution < 1.29 is 41.5 Å². The normalized spacial score (nSPS) is 12.6. The smallest absolute Gasteiger partial charge is 0.466 e. The summed E-state index contributed by atoms with van der Waals surface area (Å²) in [5.74, 6) is -2.36. The number of non-ortho nitro benzene ring substituents is 1. The van der Waals surface area contributed by atoms with Crippen molar-refractivity contribution >= 4 is 34.0 Å². The predicted octanol–water partition coefficient (Wildman–Crippen LogP) is 7.82. The summed E-state index contributed by atoms with van der Waals surface area (Å²) >= 11 is 0. The second kappa shape index (κ2) is 16.5. The number of ether oxygens (including phenoxy) is 2. The first-order valence-corrected chi connectivity index (χ1v) is 16.2. The lowest BCUT2D eigenvalue weighted by Gasteiger charge is -2.27. The summed E-state index contributed by atoms with van der Waals surface area (Å²) in [4.78, 5) is 52.9. The number of fused-ring (bicyclic) bond motifs is 1. The average Bonchev–Trinajstić information content (AvgIpc) is 3.07. The van der Waals surface area contributed by atoms with E-state index in [1.165, 1.54) is 25.2 Å². The number of nitrogens with zero attached hydrogens (tertiary/aromatic N) is 2. The Morgan fingerprint density at radius 3 is 2.49 bits per heavy atom. The molecule has 0 aliphatic carbocycles. The van der Waals surface area contributed by atoms with Crippen LogP contribution in [-0.2, 0) is 20.9 Å². The molecule has 3 aromatic carbocycles. The highest BCUT2D eigenvalue weighted by Gasteiger charge is 2.33. The maximum atomic E-state index is 14.4. The largest absolute Gasteiger partial charge is 0.573 e. The molecule has 0 saturated carbocycles. The van der Waals surface area contributed by atoms with E-state index in [4.69, 9.17) is 4.74 Å². The van der Waals surface area contributed by atoms with E-state index in [1.807, 2.05) is 26.8 Å². The number of benzene rings is 3. The number of nitro groups is 1. The number of aryl methyl sites for hydroxylation is 1. The lowest BCUT2D eigenvalue weighted by Crippen LogP contribution is -2.35. The average molecular weight is 715 g/mol. The van der Waals surface area contributed by atoms with Gasteiger partial charge in [-0.3, -0.25) is 24.5 Å². The van der Waals surface area contributed by atoms with Crippen LogP contribution in [0.3, 0.4) is 0 Å². The number of H-pyrrole nitrogens is 1. The van der Waals surface area contributed by atoms with Crippen molar-refractivity contribution in [2.24, 2.45) is 0 Å². The molecule has 0 fully saturated rings. The van der Waals surface area contributed by atoms with Gasteiger partial charge in [0.05, 0.1) is 16.9 Å². The first kappa shape index (κ1) is 38.3. The van der Waals surface area contributed by atoms with Gasteiger partial charge in [0, 0.05) is 55.0 Å². The number of rotatable bonds is 15. The highest BCUT2D eigenvalue weighted by atomic mass is 19.4. The number of aromatic nitrogens is 1. The molecule has 272 valence electrons. The zero-order valence-electron chi connectivity index (χ0n) is 28.4. The third-order valence-electron chi connectivity index (χ3n) is 8.37. The number of hydrogen-bond acceptors (Lipinski definition) is 8. The topological polar surface area (TPSA) is 144 Å². The number of esters is 1. The van der Waals surface area contributed by atoms with Gasteiger partial charge < -0.3 is 24.7 Å². The van der Waals surface area contributed by atoms with Crippen molar-refractivity contribution in [2.75, 3.05) is 19.0 Å². The maximum Gasteiger partial charge on any atom is 0.573 e. The van der Waals surface area contributed by atoms with Crippen LogP contribution in [0.2, 0.25) is 0 Å². The first-order chi connectivity index (χ1) is 24.1. The lowest BCUT2D eigenvalue weighted by molar-refractivity contribution is -0.385. The fourth-order valence-electron chi connectivity index (χ4n) is 5.67. The van der Waals surface area contributed by atoms with Crippen LogP contribution in [0.4, 0.5) is 28.9 Å². The summed E-state index contributed by atoms with van der Waals surface area (Å²) in [7, 11) is 1.32. The van der Waals surface area contributed by atoms with Gasteiger partial charge in [0.1, 0.15) is 17.6 Å². The molecule has 0 aliphatic heterocycles. The number of hydrogen-bond donors (Lipinski definition) is 2. The van der Waals surface area contributed by atoms with E-state index >= 15 is 0 Å². The van der Waals surface area contributed by atoms with Gasteiger partial charge in [-0.25, -0.2) is 4.39 Å². The van der Waals surface area contributed by atoms with Gasteiger partial charge >= 0.3 is 12.3 Å². The Balaban J connectivity index is 1.68. The summed E-state index contributed by atoms with van der Waals surface area (Å²) < 4.78 is 63.3. The van der Waals surface area contributed by atoms with E-state index in [0.717, 1.165) is 53.3 Å². The molecule has 2 N–H and O–H groups in total. The molecule has 0 bridgehead atoms. The number of carbonyl (C=O) groups excluding carboxylic acids is 2. The third kappa shape index (κ3) is 10.0. The number of carbonyl (C=O) groups is 2. The zero-order chi connectivity index (χ0) is 37.5. The van der Waals surface area contributed by atoms with Crippen molar-refractivity contribution in [3.05, 3.63) is 109 Å². The Hall–Kier alpha value is -5.47. The van der Waals surface area contributed by atoms with Crippen LogP contribution in [0.25, 0.3) is 10.8 Å². The third-order valence-corrected chi connectivity index (χ3v) is 8.37. The SMILES string of the molecule is CCCCOC(=O)CC[C@H](C)c1ccc(C(Nc2ccc3c(F)c[nH]c(=O)c3c2)C(=O)N(C)Cc2cc([N+](=O)[O-])ccc2OC(F)(F)F)cc1C. The van der Waals surface area contributed by atoms with E-state index in [2.05, 4.69) is 15.0 Å². The van der Waals surface area contributed by atoms with Crippen LogP contribution in [0.5, 0.6) is 5.75 Å². The Bertz CT molecular complexity index is 1960. The van der Waals surface area contributed by atoms with Gasteiger partial charge in [0.15, 0.2) is 0 Å². The van der Waals surface area contributed by atoms with E-state index in [9.17, 15) is 42.1 Å². The number of aromatic amines is 1. The lowest BCUT2D eigenvalue weighted by atomic mass is 9.90. The molecular formula is C36H38F4N4O7. The second-order valence-corrected chi connectivity index (χ2v) is 12.2. The Labute approximate surface area is 290 Å². The molecule has 0 spiro atoms. The van der Waals surface area contributed by atoms with Gasteiger partial charge in [-0.2, -0.15) is 0 Å². The maximum absolute atomic E-state index is 14.4. The Kier molecular flexibility index (Phi) is 12.4. The molecule has 2 atom stereocenters. The van der Waals surface area contributed by atoms with E-state index in [-0.39, 0.29) is 40.3 Å². The molecule has 11 nitrogen and oxygen atoms in total. The Morgan fingerprint density at radius 1 is 1.08 bits per heavy atom. The monoisotopic (exact) mass is 714 g/mol. The van der Waals surface area contributed by atoms with Gasteiger partial charge in [0.25, 0.3) is 11.2 Å². The predicted molar refractivity (Wildman–Crippen MR) is 182 cm³/mol. The van der Waals surface area contributed by atoms with Crippen LogP contribution < -0.4 is 15.6 Å². The van der Waals surface area contributed by atoms with Gasteiger partial charge in [0.2, 0.25) is 5.91 Å². The summed E-state index contributed by atoms with van der Waals surface area (Å²) in [5.41, 5.74) is 1.07. The summed E-state index contributed by atoms with van der Waals surface area (Å²) in [6.45, 7) is 5.66. The number of amides is 1. The molecular weight excluding hydrogens is 676 g/mol. The standard InChI is InChI=1S/C36H38F4N4O7/c1-5-6-15-50-32(45)14-7-21(2)27-11-8-23(16-22(27)3)33(42-25-9-12-28-29(18-25)34(46)41-19-30(28)37)35(47)43(4)20-24-17-26(44(48)49)10-13-31(24)51-36(38,39)40/h8-13,16-19,21,33,42H,5-7,14-15,20H2,1-4H3,(H,41,46)/t21-,33?/m0/s1. The molecule has 51 heavy (non-hydrogen) atoms. The highest BCUT2D eigenvalue weighted by molar-refractivity contribution is 5.89. The van der Waals surface area contributed by atoms with Gasteiger partial charge in [-0.15, -0.1) is 13.2 Å².